The molecular formula is C22H20ClN3O2. The average molecular weight is 394 g/mol. The lowest BCUT2D eigenvalue weighted by atomic mass is 10.1. The minimum Gasteiger partial charge on any atom is -0.488 e. The minimum absolute atomic E-state index is 0.448. The first kappa shape index (κ1) is 19.5. The lowest BCUT2D eigenvalue weighted by Gasteiger charge is -2.09. The van der Waals surface area contributed by atoms with Gasteiger partial charge in [-0.1, -0.05) is 53.6 Å². The van der Waals surface area contributed by atoms with E-state index in [1.165, 1.54) is 5.56 Å². The summed E-state index contributed by atoms with van der Waals surface area (Å²) in [6.45, 7) is 2.50. The van der Waals surface area contributed by atoms with Gasteiger partial charge in [0.05, 0.1) is 6.21 Å². The molecule has 3 aromatic carbocycles. The molecule has 0 radical (unpaired) electrons. The number of nitrogens with zero attached hydrogens (tertiary/aromatic N) is 1. The van der Waals surface area contributed by atoms with E-state index in [1.54, 1.807) is 30.5 Å². The smallest absolute Gasteiger partial charge is 0.339 e. The highest BCUT2D eigenvalue weighted by Gasteiger charge is 2.03. The van der Waals surface area contributed by atoms with Crippen molar-refractivity contribution in [2.24, 2.45) is 5.10 Å². The SMILES string of the molecule is Cc1ccc(COc2ccccc2/C=N\NC(=O)Nc2ccc(Cl)cc2)cc1. The van der Waals surface area contributed by atoms with Gasteiger partial charge in [0.15, 0.2) is 0 Å². The number of amides is 2. The Balaban J connectivity index is 1.56. The van der Waals surface area contributed by atoms with Crippen LogP contribution in [0.1, 0.15) is 16.7 Å². The van der Waals surface area contributed by atoms with Crippen LogP contribution in [-0.4, -0.2) is 12.2 Å². The van der Waals surface area contributed by atoms with Crippen molar-refractivity contribution in [2.75, 3.05) is 5.32 Å². The highest BCUT2D eigenvalue weighted by molar-refractivity contribution is 6.30. The molecule has 3 rings (SSSR count). The standard InChI is InChI=1S/C22H20ClN3O2/c1-16-6-8-17(9-7-16)15-28-21-5-3-2-4-18(21)14-24-26-22(27)25-20-12-10-19(23)11-13-20/h2-14H,15H2,1H3,(H2,25,26,27)/b24-14-. The van der Waals surface area contributed by atoms with Crippen molar-refractivity contribution < 1.29 is 9.53 Å². The molecule has 2 amide bonds. The second-order valence-electron chi connectivity index (χ2n) is 6.14. The molecule has 0 aromatic heterocycles. The summed E-state index contributed by atoms with van der Waals surface area (Å²) in [5.41, 5.74) is 6.11. The number of hydrazone groups is 1. The quantitative estimate of drug-likeness (QED) is 0.436. The zero-order valence-corrected chi connectivity index (χ0v) is 16.1. The normalized spacial score (nSPS) is 10.6. The van der Waals surface area contributed by atoms with Gasteiger partial charge in [-0.05, 0) is 48.9 Å². The van der Waals surface area contributed by atoms with E-state index in [0.717, 1.165) is 11.1 Å². The number of hydrogen-bond donors (Lipinski definition) is 2. The Bertz CT molecular complexity index is 954. The predicted molar refractivity (Wildman–Crippen MR) is 113 cm³/mol. The first-order chi connectivity index (χ1) is 13.6. The van der Waals surface area contributed by atoms with E-state index in [-0.39, 0.29) is 0 Å². The van der Waals surface area contributed by atoms with E-state index < -0.39 is 6.03 Å². The van der Waals surface area contributed by atoms with Gasteiger partial charge in [0, 0.05) is 16.3 Å². The van der Waals surface area contributed by atoms with Gasteiger partial charge in [-0.25, -0.2) is 10.2 Å². The van der Waals surface area contributed by atoms with Crippen molar-refractivity contribution in [1.82, 2.24) is 5.43 Å². The van der Waals surface area contributed by atoms with Gasteiger partial charge in [0.1, 0.15) is 12.4 Å². The summed E-state index contributed by atoms with van der Waals surface area (Å²) < 4.78 is 5.90. The molecule has 6 heteroatoms. The van der Waals surface area contributed by atoms with Crippen LogP contribution in [0.2, 0.25) is 5.02 Å². The highest BCUT2D eigenvalue weighted by Crippen LogP contribution is 2.18. The van der Waals surface area contributed by atoms with Gasteiger partial charge in [0.25, 0.3) is 0 Å². The lowest BCUT2D eigenvalue weighted by molar-refractivity contribution is 0.252. The molecule has 0 aliphatic rings. The molecule has 5 nitrogen and oxygen atoms in total. The third kappa shape index (κ3) is 5.86. The zero-order valence-electron chi connectivity index (χ0n) is 15.4. The number of halogens is 1. The highest BCUT2D eigenvalue weighted by atomic mass is 35.5. The number of nitrogens with one attached hydrogen (secondary N) is 2. The molecule has 28 heavy (non-hydrogen) atoms. The number of hydrogen-bond acceptors (Lipinski definition) is 3. The van der Waals surface area contributed by atoms with Crippen LogP contribution in [0.15, 0.2) is 77.9 Å². The number of anilines is 1. The number of carbonyl (C=O) groups is 1. The van der Waals surface area contributed by atoms with E-state index in [0.29, 0.717) is 23.1 Å². The van der Waals surface area contributed by atoms with Gasteiger partial charge in [-0.3, -0.25) is 0 Å². The van der Waals surface area contributed by atoms with Gasteiger partial charge in [-0.2, -0.15) is 5.10 Å². The number of urea groups is 1. The Morgan fingerprint density at radius 2 is 1.75 bits per heavy atom. The van der Waals surface area contributed by atoms with Crippen LogP contribution in [0, 0.1) is 6.92 Å². The molecule has 0 spiro atoms. The zero-order chi connectivity index (χ0) is 19.8. The number of aryl methyl sites for hydroxylation is 1. The predicted octanol–water partition coefficient (Wildman–Crippen LogP) is 5.38. The van der Waals surface area contributed by atoms with Crippen LogP contribution >= 0.6 is 11.6 Å². The molecule has 0 unspecified atom stereocenters. The summed E-state index contributed by atoms with van der Waals surface area (Å²) in [5, 5.41) is 7.26. The van der Waals surface area contributed by atoms with Crippen LogP contribution in [0.4, 0.5) is 10.5 Å². The van der Waals surface area contributed by atoms with Crippen LogP contribution in [0.3, 0.4) is 0 Å². The fourth-order valence-corrected chi connectivity index (χ4v) is 2.54. The van der Waals surface area contributed by atoms with Crippen molar-refractivity contribution in [2.45, 2.75) is 13.5 Å². The molecule has 0 heterocycles. The van der Waals surface area contributed by atoms with Crippen LogP contribution in [-0.2, 0) is 6.61 Å². The summed E-state index contributed by atoms with van der Waals surface area (Å²) in [4.78, 5) is 11.9. The van der Waals surface area contributed by atoms with Crippen LogP contribution < -0.4 is 15.5 Å². The molecule has 0 atom stereocenters. The molecule has 0 bridgehead atoms. The molecule has 0 saturated carbocycles. The van der Waals surface area contributed by atoms with Gasteiger partial charge in [0.2, 0.25) is 0 Å². The number of para-hydroxylation sites is 1. The van der Waals surface area contributed by atoms with E-state index in [4.69, 9.17) is 16.3 Å². The lowest BCUT2D eigenvalue weighted by Crippen LogP contribution is -2.24. The maximum Gasteiger partial charge on any atom is 0.339 e. The molecule has 3 aromatic rings. The maximum atomic E-state index is 11.9. The molecule has 2 N–H and O–H groups in total. The number of rotatable bonds is 6. The molecule has 0 fully saturated rings. The summed E-state index contributed by atoms with van der Waals surface area (Å²) in [6, 6.07) is 22.0. The second kappa shape index (κ2) is 9.58. The molecule has 142 valence electrons. The number of carbonyl (C=O) groups excluding carboxylic acids is 1. The number of benzene rings is 3. The van der Waals surface area contributed by atoms with E-state index in [1.807, 2.05) is 43.3 Å². The van der Waals surface area contributed by atoms with Crippen molar-refractivity contribution in [3.8, 4) is 5.75 Å². The van der Waals surface area contributed by atoms with Crippen molar-refractivity contribution in [3.63, 3.8) is 0 Å². The Labute approximate surface area is 169 Å². The van der Waals surface area contributed by atoms with Gasteiger partial charge < -0.3 is 10.1 Å². The average Bonchev–Trinajstić information content (AvgIpc) is 2.70. The molecule has 0 aliphatic carbocycles. The molecule has 0 aliphatic heterocycles. The Morgan fingerprint density at radius 1 is 1.04 bits per heavy atom. The summed E-state index contributed by atoms with van der Waals surface area (Å²) in [6.07, 6.45) is 1.55. The third-order valence-corrected chi connectivity index (χ3v) is 4.16. The largest absolute Gasteiger partial charge is 0.488 e. The maximum absolute atomic E-state index is 11.9. The number of ether oxygens (including phenoxy) is 1. The monoisotopic (exact) mass is 393 g/mol. The van der Waals surface area contributed by atoms with Gasteiger partial charge >= 0.3 is 6.03 Å². The van der Waals surface area contributed by atoms with Crippen LogP contribution in [0.25, 0.3) is 0 Å². The Hall–Kier alpha value is -3.31. The summed E-state index contributed by atoms with van der Waals surface area (Å²) in [7, 11) is 0. The van der Waals surface area contributed by atoms with Crippen molar-refractivity contribution in [3.05, 3.63) is 94.5 Å². The first-order valence-corrected chi connectivity index (χ1v) is 9.11. The first-order valence-electron chi connectivity index (χ1n) is 8.73. The van der Waals surface area contributed by atoms with E-state index >= 15 is 0 Å². The van der Waals surface area contributed by atoms with Gasteiger partial charge in [-0.15, -0.1) is 0 Å². The summed E-state index contributed by atoms with van der Waals surface area (Å²) in [5.74, 6) is 0.687. The fraction of sp³-hybridized carbons (Fsp3) is 0.0909. The Kier molecular flexibility index (Phi) is 6.65. The van der Waals surface area contributed by atoms with Crippen molar-refractivity contribution in [1.29, 1.82) is 0 Å². The van der Waals surface area contributed by atoms with Crippen molar-refractivity contribution >= 4 is 29.5 Å². The third-order valence-electron chi connectivity index (χ3n) is 3.91. The fourth-order valence-electron chi connectivity index (χ4n) is 2.42. The summed E-state index contributed by atoms with van der Waals surface area (Å²) >= 11 is 5.82. The van der Waals surface area contributed by atoms with E-state index in [2.05, 4.69) is 28.0 Å². The molecular weight excluding hydrogens is 374 g/mol. The van der Waals surface area contributed by atoms with Crippen LogP contribution in [0.5, 0.6) is 5.75 Å². The minimum atomic E-state index is -0.448. The van der Waals surface area contributed by atoms with E-state index in [9.17, 15) is 4.79 Å². The molecule has 0 saturated heterocycles. The topological polar surface area (TPSA) is 62.7 Å². The second-order valence-corrected chi connectivity index (χ2v) is 6.58. The Morgan fingerprint density at radius 3 is 2.50 bits per heavy atom.